The molecule has 0 radical (unpaired) electrons. The van der Waals surface area contributed by atoms with Crippen LogP contribution in [0.4, 0.5) is 14.9 Å². The van der Waals surface area contributed by atoms with Crippen LogP contribution in [0.25, 0.3) is 31.8 Å². The molecule has 1 N–H and O–H groups in total. The van der Waals surface area contributed by atoms with E-state index in [1.54, 1.807) is 20.2 Å². The number of hydrogen-bond acceptors (Lipinski definition) is 10. The fourth-order valence-electron chi connectivity index (χ4n) is 4.32. The Balaban J connectivity index is 1.25. The predicted molar refractivity (Wildman–Crippen MR) is 139 cm³/mol. The summed E-state index contributed by atoms with van der Waals surface area (Å²) in [6.45, 7) is 3.66. The molecule has 3 aromatic heterocycles. The van der Waals surface area contributed by atoms with Crippen molar-refractivity contribution in [2.24, 2.45) is 0 Å². The zero-order chi connectivity index (χ0) is 26.4. The standard InChI is InChI=1S/C26H21FN6O4S/c1-12-4-16(22-19(5-12)32-21(35-3)10-30-22)25-33-20-7-18(27)23-17(24(20)38-25)6-15(37-23)11-36-26(34)31-14-8-28-13(2)29-9-14/h4-5,7-10,15H,6,11H2,1-3H3,(H,31,34)/t15-/m1/s1. The minimum absolute atomic E-state index is 0.0558. The molecule has 1 aliphatic heterocycles. The third-order valence-corrected chi connectivity index (χ3v) is 7.20. The van der Waals surface area contributed by atoms with Gasteiger partial charge in [0.1, 0.15) is 23.5 Å². The Labute approximate surface area is 219 Å². The van der Waals surface area contributed by atoms with E-state index in [0.29, 0.717) is 50.9 Å². The van der Waals surface area contributed by atoms with E-state index in [2.05, 4.69) is 25.3 Å². The van der Waals surface area contributed by atoms with Gasteiger partial charge >= 0.3 is 6.09 Å². The highest BCUT2D eigenvalue weighted by Crippen LogP contribution is 2.43. The lowest BCUT2D eigenvalue weighted by atomic mass is 10.1. The second kappa shape index (κ2) is 9.45. The predicted octanol–water partition coefficient (Wildman–Crippen LogP) is 5.01. The maximum Gasteiger partial charge on any atom is 0.411 e. The van der Waals surface area contributed by atoms with Crippen LogP contribution < -0.4 is 14.8 Å². The Morgan fingerprint density at radius 1 is 1.13 bits per heavy atom. The number of thiazole rings is 1. The summed E-state index contributed by atoms with van der Waals surface area (Å²) in [6.07, 6.45) is 3.70. The molecule has 192 valence electrons. The summed E-state index contributed by atoms with van der Waals surface area (Å²) in [4.78, 5) is 34.0. The number of carbonyl (C=O) groups excluding carboxylic acids is 1. The molecule has 0 bridgehead atoms. The molecule has 4 heterocycles. The number of methoxy groups -OCH3 is 1. The number of nitrogens with zero attached hydrogens (tertiary/aromatic N) is 5. The van der Waals surface area contributed by atoms with Gasteiger partial charge in [-0.05, 0) is 31.5 Å². The minimum atomic E-state index is -0.674. The van der Waals surface area contributed by atoms with E-state index in [4.69, 9.17) is 19.2 Å². The molecule has 6 rings (SSSR count). The highest BCUT2D eigenvalue weighted by atomic mass is 32.1. The Kier molecular flexibility index (Phi) is 5.95. The lowest BCUT2D eigenvalue weighted by molar-refractivity contribution is 0.100. The van der Waals surface area contributed by atoms with Gasteiger partial charge in [0, 0.05) is 23.6 Å². The molecule has 0 fully saturated rings. The molecule has 12 heteroatoms. The van der Waals surface area contributed by atoms with E-state index in [1.807, 2.05) is 19.1 Å². The number of fused-ring (bicyclic) bond motifs is 4. The molecular formula is C26H21FN6O4S. The molecular weight excluding hydrogens is 511 g/mol. The van der Waals surface area contributed by atoms with Crippen LogP contribution >= 0.6 is 11.3 Å². The van der Waals surface area contributed by atoms with Crippen molar-refractivity contribution in [3.8, 4) is 22.2 Å². The van der Waals surface area contributed by atoms with Crippen LogP contribution in [0.1, 0.15) is 17.0 Å². The first-order valence-corrected chi connectivity index (χ1v) is 12.5. The molecule has 1 amide bonds. The summed E-state index contributed by atoms with van der Waals surface area (Å²) in [5.74, 6) is 0.660. The number of carbonyl (C=O) groups is 1. The second-order valence-corrected chi connectivity index (χ2v) is 9.81. The van der Waals surface area contributed by atoms with Crippen molar-refractivity contribution >= 4 is 44.4 Å². The van der Waals surface area contributed by atoms with Crippen molar-refractivity contribution < 1.29 is 23.4 Å². The summed E-state index contributed by atoms with van der Waals surface area (Å²) in [7, 11) is 1.54. The summed E-state index contributed by atoms with van der Waals surface area (Å²) < 4.78 is 32.2. The molecule has 0 saturated carbocycles. The van der Waals surface area contributed by atoms with Crippen molar-refractivity contribution in [3.05, 3.63) is 59.6 Å². The van der Waals surface area contributed by atoms with Gasteiger partial charge in [-0.1, -0.05) is 0 Å². The SMILES string of the molecule is COc1cnc2c(-c3nc4cc(F)c5c(c4s3)C[C@H](COC(=O)Nc3cnc(C)nc3)O5)cc(C)cc2n1. The minimum Gasteiger partial charge on any atom is -0.483 e. The van der Waals surface area contributed by atoms with Gasteiger partial charge < -0.3 is 14.2 Å². The van der Waals surface area contributed by atoms with Crippen molar-refractivity contribution in [3.63, 3.8) is 0 Å². The van der Waals surface area contributed by atoms with E-state index in [0.717, 1.165) is 15.8 Å². The summed E-state index contributed by atoms with van der Waals surface area (Å²) in [6, 6.07) is 5.29. The smallest absolute Gasteiger partial charge is 0.411 e. The van der Waals surface area contributed by atoms with Crippen molar-refractivity contribution in [1.82, 2.24) is 24.9 Å². The molecule has 0 spiro atoms. The first kappa shape index (κ1) is 23.9. The van der Waals surface area contributed by atoms with Crippen molar-refractivity contribution in [2.45, 2.75) is 26.4 Å². The molecule has 1 atom stereocenters. The topological polar surface area (TPSA) is 121 Å². The number of halogens is 1. The zero-order valence-corrected chi connectivity index (χ0v) is 21.4. The second-order valence-electron chi connectivity index (χ2n) is 8.81. The van der Waals surface area contributed by atoms with Crippen LogP contribution in [0.15, 0.2) is 36.8 Å². The van der Waals surface area contributed by atoms with E-state index in [1.165, 1.54) is 29.8 Å². The van der Waals surface area contributed by atoms with Crippen molar-refractivity contribution in [2.75, 3.05) is 19.0 Å². The monoisotopic (exact) mass is 532 g/mol. The van der Waals surface area contributed by atoms with Gasteiger partial charge in [-0.2, -0.15) is 0 Å². The number of nitrogens with one attached hydrogen (secondary N) is 1. The molecule has 1 aliphatic rings. The summed E-state index contributed by atoms with van der Waals surface area (Å²) in [5.41, 5.74) is 4.80. The largest absolute Gasteiger partial charge is 0.483 e. The first-order valence-electron chi connectivity index (χ1n) is 11.7. The molecule has 38 heavy (non-hydrogen) atoms. The highest BCUT2D eigenvalue weighted by Gasteiger charge is 2.31. The number of amides is 1. The molecule has 10 nitrogen and oxygen atoms in total. The maximum absolute atomic E-state index is 15.0. The summed E-state index contributed by atoms with van der Waals surface area (Å²) >= 11 is 1.44. The number of ether oxygens (including phenoxy) is 3. The van der Waals surface area contributed by atoms with Gasteiger partial charge in [-0.15, -0.1) is 11.3 Å². The third kappa shape index (κ3) is 4.43. The fraction of sp³-hybridized carbons (Fsp3) is 0.231. The van der Waals surface area contributed by atoms with E-state index in [-0.39, 0.29) is 12.4 Å². The van der Waals surface area contributed by atoms with Gasteiger partial charge in [0.2, 0.25) is 5.88 Å². The van der Waals surface area contributed by atoms with Crippen molar-refractivity contribution in [1.29, 1.82) is 0 Å². The fourth-order valence-corrected chi connectivity index (χ4v) is 5.44. The van der Waals surface area contributed by atoms with E-state index >= 15 is 0 Å². The van der Waals surface area contributed by atoms with Gasteiger partial charge in [0.05, 0.1) is 52.6 Å². The Morgan fingerprint density at radius 3 is 2.74 bits per heavy atom. The number of anilines is 1. The average Bonchev–Trinajstić information content (AvgIpc) is 3.53. The average molecular weight is 533 g/mol. The Morgan fingerprint density at radius 2 is 1.95 bits per heavy atom. The molecule has 5 aromatic rings. The molecule has 0 aliphatic carbocycles. The lowest BCUT2D eigenvalue weighted by Crippen LogP contribution is -2.25. The van der Waals surface area contributed by atoms with Gasteiger partial charge in [-0.25, -0.2) is 34.1 Å². The normalized spacial score (nSPS) is 14.4. The lowest BCUT2D eigenvalue weighted by Gasteiger charge is -2.12. The van der Waals surface area contributed by atoms with Gasteiger partial charge in [0.15, 0.2) is 11.6 Å². The Hall–Kier alpha value is -4.45. The van der Waals surface area contributed by atoms with E-state index < -0.39 is 18.0 Å². The molecule has 0 saturated heterocycles. The quantitative estimate of drug-likeness (QED) is 0.333. The van der Waals surface area contributed by atoms with Crippen LogP contribution in [0, 0.1) is 19.7 Å². The van der Waals surface area contributed by atoms with Gasteiger partial charge in [0.25, 0.3) is 0 Å². The number of aromatic nitrogens is 5. The highest BCUT2D eigenvalue weighted by molar-refractivity contribution is 7.22. The maximum atomic E-state index is 15.0. The number of rotatable bonds is 5. The van der Waals surface area contributed by atoms with Crippen LogP contribution in [0.3, 0.4) is 0 Å². The third-order valence-electron chi connectivity index (χ3n) is 6.03. The molecule has 0 unspecified atom stereocenters. The Bertz CT molecular complexity index is 1710. The number of hydrogen-bond donors (Lipinski definition) is 1. The van der Waals surface area contributed by atoms with Crippen LogP contribution in [0.5, 0.6) is 11.6 Å². The first-order chi connectivity index (χ1) is 18.4. The van der Waals surface area contributed by atoms with Crippen LogP contribution in [-0.4, -0.2) is 50.8 Å². The number of benzene rings is 2. The number of aryl methyl sites for hydroxylation is 2. The van der Waals surface area contributed by atoms with Crippen LogP contribution in [-0.2, 0) is 11.2 Å². The van der Waals surface area contributed by atoms with Crippen LogP contribution in [0.2, 0.25) is 0 Å². The van der Waals surface area contributed by atoms with Gasteiger partial charge in [-0.3, -0.25) is 5.32 Å². The summed E-state index contributed by atoms with van der Waals surface area (Å²) in [5, 5.41) is 3.26. The molecule has 2 aromatic carbocycles. The van der Waals surface area contributed by atoms with E-state index in [9.17, 15) is 9.18 Å². The zero-order valence-electron chi connectivity index (χ0n) is 20.6.